The number of nitrogens with zero attached hydrogens (tertiary/aromatic N) is 2. The van der Waals surface area contributed by atoms with E-state index in [9.17, 15) is 18.0 Å². The van der Waals surface area contributed by atoms with Crippen LogP contribution in [0.25, 0.3) is 0 Å². The van der Waals surface area contributed by atoms with Crippen LogP contribution in [-0.4, -0.2) is 60.2 Å². The number of carbonyl (C=O) groups is 2. The van der Waals surface area contributed by atoms with Crippen LogP contribution in [0.4, 0.5) is 5.69 Å². The number of aryl methyl sites for hydroxylation is 2. The summed E-state index contributed by atoms with van der Waals surface area (Å²) < 4.78 is 27.6. The number of piperidine rings is 1. The summed E-state index contributed by atoms with van der Waals surface area (Å²) in [6, 6.07) is 11.3. The molecule has 176 valence electrons. The van der Waals surface area contributed by atoms with Gasteiger partial charge in [0.05, 0.1) is 10.8 Å². The molecule has 1 atom stereocenters. The predicted octanol–water partition coefficient (Wildman–Crippen LogP) is 3.63. The Morgan fingerprint density at radius 1 is 1.00 bits per heavy atom. The summed E-state index contributed by atoms with van der Waals surface area (Å²) in [5.74, 6) is 0.297. The summed E-state index contributed by atoms with van der Waals surface area (Å²) in [5, 5.41) is 2.92. The van der Waals surface area contributed by atoms with E-state index in [1.807, 2.05) is 32.0 Å². The van der Waals surface area contributed by atoms with Gasteiger partial charge in [-0.1, -0.05) is 18.6 Å². The highest BCUT2D eigenvalue weighted by molar-refractivity contribution is 7.99. The van der Waals surface area contributed by atoms with Crippen LogP contribution >= 0.6 is 11.8 Å². The lowest BCUT2D eigenvalue weighted by molar-refractivity contribution is -0.119. The third-order valence-electron chi connectivity index (χ3n) is 6.25. The van der Waals surface area contributed by atoms with Gasteiger partial charge < -0.3 is 10.2 Å². The van der Waals surface area contributed by atoms with E-state index in [-0.39, 0.29) is 22.3 Å². The molecule has 2 aliphatic rings. The number of benzene rings is 2. The fourth-order valence-electron chi connectivity index (χ4n) is 4.11. The molecule has 4 rings (SSSR count). The standard InChI is InChI=1S/C24H29N3O4S2/c1-17-9-10-20(13-18(17)2)25-23(28)22-15-32-16-27(22)24(29)19-7-6-8-21(14-19)33(30,31)26-11-4-3-5-12-26/h6-10,13-14,22H,3-5,11-12,15-16H2,1-2H3,(H,25,28). The van der Waals surface area contributed by atoms with Crippen LogP contribution in [0.3, 0.4) is 0 Å². The Morgan fingerprint density at radius 3 is 2.48 bits per heavy atom. The lowest BCUT2D eigenvalue weighted by Crippen LogP contribution is -2.44. The molecule has 0 saturated carbocycles. The number of amides is 2. The van der Waals surface area contributed by atoms with Crippen LogP contribution in [0.2, 0.25) is 0 Å². The normalized spacial score (nSPS) is 19.5. The van der Waals surface area contributed by atoms with E-state index >= 15 is 0 Å². The minimum absolute atomic E-state index is 0.123. The molecule has 0 spiro atoms. The van der Waals surface area contributed by atoms with Gasteiger partial charge in [0.2, 0.25) is 15.9 Å². The summed E-state index contributed by atoms with van der Waals surface area (Å²) in [6.07, 6.45) is 2.73. The van der Waals surface area contributed by atoms with E-state index in [1.54, 1.807) is 12.1 Å². The van der Waals surface area contributed by atoms with Gasteiger partial charge in [-0.05, 0) is 68.1 Å². The molecule has 0 radical (unpaired) electrons. The number of hydrogen-bond donors (Lipinski definition) is 1. The van der Waals surface area contributed by atoms with Crippen LogP contribution < -0.4 is 5.32 Å². The first-order chi connectivity index (χ1) is 15.8. The largest absolute Gasteiger partial charge is 0.324 e. The number of anilines is 1. The summed E-state index contributed by atoms with van der Waals surface area (Å²) in [7, 11) is -3.64. The second-order valence-electron chi connectivity index (χ2n) is 8.57. The molecule has 2 aromatic carbocycles. The van der Waals surface area contributed by atoms with Crippen molar-refractivity contribution in [1.82, 2.24) is 9.21 Å². The zero-order valence-electron chi connectivity index (χ0n) is 18.9. The first-order valence-corrected chi connectivity index (χ1v) is 13.7. The topological polar surface area (TPSA) is 86.8 Å². The Bertz CT molecular complexity index is 1160. The third-order valence-corrected chi connectivity index (χ3v) is 9.16. The first-order valence-electron chi connectivity index (χ1n) is 11.1. The molecule has 2 aliphatic heterocycles. The summed E-state index contributed by atoms with van der Waals surface area (Å²) in [5.41, 5.74) is 3.19. The average molecular weight is 488 g/mol. The molecule has 2 heterocycles. The second kappa shape index (κ2) is 9.87. The number of carbonyl (C=O) groups excluding carboxylic acids is 2. The van der Waals surface area contributed by atoms with Gasteiger partial charge in [-0.3, -0.25) is 9.59 Å². The van der Waals surface area contributed by atoms with Gasteiger partial charge in [0.25, 0.3) is 5.91 Å². The highest BCUT2D eigenvalue weighted by Gasteiger charge is 2.36. The zero-order chi connectivity index (χ0) is 23.6. The van der Waals surface area contributed by atoms with E-state index < -0.39 is 16.1 Å². The van der Waals surface area contributed by atoms with Crippen molar-refractivity contribution in [1.29, 1.82) is 0 Å². The Morgan fingerprint density at radius 2 is 1.76 bits per heavy atom. The Labute approximate surface area is 199 Å². The third kappa shape index (κ3) is 5.10. The molecular weight excluding hydrogens is 458 g/mol. The molecule has 0 aliphatic carbocycles. The average Bonchev–Trinajstić information content (AvgIpc) is 3.32. The van der Waals surface area contributed by atoms with Crippen LogP contribution in [0.1, 0.15) is 40.7 Å². The summed E-state index contributed by atoms with van der Waals surface area (Å²) in [4.78, 5) is 27.9. The maximum atomic E-state index is 13.3. The fraction of sp³-hybridized carbons (Fsp3) is 0.417. The lowest BCUT2D eigenvalue weighted by Gasteiger charge is -2.26. The van der Waals surface area contributed by atoms with Gasteiger partial charge in [0.15, 0.2) is 0 Å². The van der Waals surface area contributed by atoms with Gasteiger partial charge in [-0.25, -0.2) is 8.42 Å². The van der Waals surface area contributed by atoms with E-state index in [0.717, 1.165) is 30.4 Å². The number of rotatable bonds is 5. The molecule has 2 aromatic rings. The molecule has 1 unspecified atom stereocenters. The highest BCUT2D eigenvalue weighted by atomic mass is 32.2. The number of nitrogens with one attached hydrogen (secondary N) is 1. The monoisotopic (exact) mass is 487 g/mol. The molecule has 0 bridgehead atoms. The number of thioether (sulfide) groups is 1. The molecular formula is C24H29N3O4S2. The summed E-state index contributed by atoms with van der Waals surface area (Å²) in [6.45, 7) is 5.00. The van der Waals surface area contributed by atoms with Crippen molar-refractivity contribution in [2.75, 3.05) is 30.0 Å². The van der Waals surface area contributed by atoms with Crippen LogP contribution in [0.15, 0.2) is 47.4 Å². The van der Waals surface area contributed by atoms with Gasteiger partial charge in [0.1, 0.15) is 6.04 Å². The molecule has 2 amide bonds. The maximum Gasteiger partial charge on any atom is 0.255 e. The smallest absolute Gasteiger partial charge is 0.255 e. The maximum absolute atomic E-state index is 13.3. The zero-order valence-corrected chi connectivity index (χ0v) is 20.5. The van der Waals surface area contributed by atoms with Gasteiger partial charge >= 0.3 is 0 Å². The quantitative estimate of drug-likeness (QED) is 0.696. The molecule has 0 aromatic heterocycles. The molecule has 33 heavy (non-hydrogen) atoms. The van der Waals surface area contributed by atoms with E-state index in [0.29, 0.717) is 30.4 Å². The number of hydrogen-bond acceptors (Lipinski definition) is 5. The van der Waals surface area contributed by atoms with Gasteiger partial charge in [0, 0.05) is 30.1 Å². The van der Waals surface area contributed by atoms with Crippen molar-refractivity contribution >= 4 is 39.3 Å². The van der Waals surface area contributed by atoms with Gasteiger partial charge in [-0.15, -0.1) is 11.8 Å². The SMILES string of the molecule is Cc1ccc(NC(=O)C2CSCN2C(=O)c2cccc(S(=O)(=O)N3CCCCC3)c2)cc1C. The van der Waals surface area contributed by atoms with Crippen molar-refractivity contribution in [3.63, 3.8) is 0 Å². The Hall–Kier alpha value is -2.36. The summed E-state index contributed by atoms with van der Waals surface area (Å²) >= 11 is 1.51. The van der Waals surface area contributed by atoms with Crippen LogP contribution in [0, 0.1) is 13.8 Å². The molecule has 2 saturated heterocycles. The highest BCUT2D eigenvalue weighted by Crippen LogP contribution is 2.27. The molecule has 2 fully saturated rings. The Kier molecular flexibility index (Phi) is 7.11. The van der Waals surface area contributed by atoms with E-state index in [2.05, 4.69) is 5.32 Å². The minimum atomic E-state index is -3.64. The van der Waals surface area contributed by atoms with Crippen molar-refractivity contribution in [2.24, 2.45) is 0 Å². The van der Waals surface area contributed by atoms with Gasteiger partial charge in [-0.2, -0.15) is 4.31 Å². The van der Waals surface area contributed by atoms with Crippen molar-refractivity contribution in [3.8, 4) is 0 Å². The molecule has 7 nitrogen and oxygen atoms in total. The minimum Gasteiger partial charge on any atom is -0.324 e. The van der Waals surface area contributed by atoms with Crippen molar-refractivity contribution < 1.29 is 18.0 Å². The second-order valence-corrected chi connectivity index (χ2v) is 11.5. The fourth-order valence-corrected chi connectivity index (χ4v) is 6.83. The first kappa shape index (κ1) is 23.8. The Balaban J connectivity index is 1.51. The van der Waals surface area contributed by atoms with Crippen molar-refractivity contribution in [2.45, 2.75) is 44.0 Å². The van der Waals surface area contributed by atoms with Crippen LogP contribution in [0.5, 0.6) is 0 Å². The van der Waals surface area contributed by atoms with Crippen LogP contribution in [-0.2, 0) is 14.8 Å². The van der Waals surface area contributed by atoms with E-state index in [1.165, 1.54) is 33.1 Å². The lowest BCUT2D eigenvalue weighted by atomic mass is 10.1. The predicted molar refractivity (Wildman–Crippen MR) is 131 cm³/mol. The number of sulfonamides is 1. The van der Waals surface area contributed by atoms with Crippen molar-refractivity contribution in [3.05, 3.63) is 59.2 Å². The van der Waals surface area contributed by atoms with E-state index in [4.69, 9.17) is 0 Å². The molecule has 9 heteroatoms. The molecule has 1 N–H and O–H groups in total.